The van der Waals surface area contributed by atoms with Crippen LogP contribution in [0.15, 0.2) is 42.5 Å². The maximum atomic E-state index is 13.0. The summed E-state index contributed by atoms with van der Waals surface area (Å²) >= 11 is 0. The van der Waals surface area contributed by atoms with Gasteiger partial charge in [0.2, 0.25) is 5.82 Å². The predicted molar refractivity (Wildman–Crippen MR) is 94.0 cm³/mol. The molecule has 8 nitrogen and oxygen atoms in total. The molecule has 27 heavy (non-hydrogen) atoms. The quantitative estimate of drug-likeness (QED) is 0.760. The minimum atomic E-state index is -0.695. The number of halogens is 1. The van der Waals surface area contributed by atoms with E-state index >= 15 is 0 Å². The van der Waals surface area contributed by atoms with E-state index in [1.165, 1.54) is 16.9 Å². The van der Waals surface area contributed by atoms with Crippen LogP contribution in [0.3, 0.4) is 0 Å². The van der Waals surface area contributed by atoms with E-state index in [-0.39, 0.29) is 11.7 Å². The number of carbonyl (C=O) groups is 1. The van der Waals surface area contributed by atoms with Crippen LogP contribution in [0.25, 0.3) is 11.4 Å². The standard InChI is InChI=1S/C18H16FN5O3/c1-11(24-22-17(21-23-24)12-2-4-13(19)5-3-12)18(25)20-14-6-7-15-16(10-14)27-9-8-26-15/h2-7,10-11H,8-9H2,1H3,(H,20,25)/t11-/m0/s1. The van der Waals surface area contributed by atoms with Crippen molar-refractivity contribution in [3.63, 3.8) is 0 Å². The average Bonchev–Trinajstić information content (AvgIpc) is 3.18. The first-order chi connectivity index (χ1) is 13.1. The number of hydrogen-bond acceptors (Lipinski definition) is 6. The van der Waals surface area contributed by atoms with Gasteiger partial charge in [0, 0.05) is 17.3 Å². The van der Waals surface area contributed by atoms with Crippen LogP contribution in [-0.4, -0.2) is 39.3 Å². The second kappa shape index (κ2) is 7.02. The largest absolute Gasteiger partial charge is 0.486 e. The van der Waals surface area contributed by atoms with Crippen molar-refractivity contribution < 1.29 is 18.7 Å². The van der Waals surface area contributed by atoms with Crippen molar-refractivity contribution in [2.45, 2.75) is 13.0 Å². The Bertz CT molecular complexity index is 973. The molecule has 1 atom stereocenters. The number of hydrogen-bond donors (Lipinski definition) is 1. The Labute approximate surface area is 153 Å². The molecule has 1 aliphatic heterocycles. The van der Waals surface area contributed by atoms with Crippen LogP contribution < -0.4 is 14.8 Å². The second-order valence-corrected chi connectivity index (χ2v) is 5.96. The number of nitrogens with one attached hydrogen (secondary N) is 1. The normalized spacial score (nSPS) is 13.9. The topological polar surface area (TPSA) is 91.2 Å². The summed E-state index contributed by atoms with van der Waals surface area (Å²) in [7, 11) is 0. The number of aromatic nitrogens is 4. The smallest absolute Gasteiger partial charge is 0.250 e. The molecule has 0 aliphatic carbocycles. The summed E-state index contributed by atoms with van der Waals surface area (Å²) in [5.74, 6) is 0.889. The van der Waals surface area contributed by atoms with E-state index in [2.05, 4.69) is 20.7 Å². The molecule has 1 aliphatic rings. The van der Waals surface area contributed by atoms with Gasteiger partial charge in [-0.3, -0.25) is 4.79 Å². The maximum Gasteiger partial charge on any atom is 0.250 e. The van der Waals surface area contributed by atoms with E-state index in [1.807, 2.05) is 0 Å². The molecule has 9 heteroatoms. The van der Waals surface area contributed by atoms with Crippen LogP contribution in [-0.2, 0) is 4.79 Å². The maximum absolute atomic E-state index is 13.0. The van der Waals surface area contributed by atoms with Gasteiger partial charge in [0.1, 0.15) is 25.1 Å². The Balaban J connectivity index is 1.47. The summed E-state index contributed by atoms with van der Waals surface area (Å²) in [6.45, 7) is 2.63. The molecule has 0 radical (unpaired) electrons. The molecule has 0 bridgehead atoms. The lowest BCUT2D eigenvalue weighted by molar-refractivity contribution is -0.119. The van der Waals surface area contributed by atoms with Crippen LogP contribution in [0, 0.1) is 5.82 Å². The number of ether oxygens (including phenoxy) is 2. The highest BCUT2D eigenvalue weighted by Gasteiger charge is 2.20. The molecule has 0 saturated heterocycles. The lowest BCUT2D eigenvalue weighted by Gasteiger charge is -2.19. The number of fused-ring (bicyclic) bond motifs is 1. The van der Waals surface area contributed by atoms with Gasteiger partial charge < -0.3 is 14.8 Å². The fourth-order valence-electron chi connectivity index (χ4n) is 2.58. The third kappa shape index (κ3) is 3.57. The zero-order valence-corrected chi connectivity index (χ0v) is 14.4. The highest BCUT2D eigenvalue weighted by Crippen LogP contribution is 2.32. The monoisotopic (exact) mass is 369 g/mol. The average molecular weight is 369 g/mol. The first kappa shape index (κ1) is 17.0. The summed E-state index contributed by atoms with van der Waals surface area (Å²) in [4.78, 5) is 13.7. The van der Waals surface area contributed by atoms with Crippen molar-refractivity contribution >= 4 is 11.6 Å². The molecule has 1 N–H and O–H groups in total. The zero-order chi connectivity index (χ0) is 18.8. The van der Waals surface area contributed by atoms with Crippen LogP contribution >= 0.6 is 0 Å². The number of rotatable bonds is 4. The Morgan fingerprint density at radius 3 is 2.67 bits per heavy atom. The Morgan fingerprint density at radius 2 is 1.89 bits per heavy atom. The third-order valence-electron chi connectivity index (χ3n) is 4.07. The number of anilines is 1. The predicted octanol–water partition coefficient (Wildman–Crippen LogP) is 2.45. The van der Waals surface area contributed by atoms with E-state index in [1.54, 1.807) is 37.3 Å². The molecule has 1 amide bonds. The molecule has 0 unspecified atom stereocenters. The van der Waals surface area contributed by atoms with Gasteiger partial charge in [0.15, 0.2) is 11.5 Å². The summed E-state index contributed by atoms with van der Waals surface area (Å²) in [6.07, 6.45) is 0. The Morgan fingerprint density at radius 1 is 1.15 bits per heavy atom. The number of amides is 1. The minimum absolute atomic E-state index is 0.310. The van der Waals surface area contributed by atoms with E-state index < -0.39 is 6.04 Å². The van der Waals surface area contributed by atoms with Crippen LogP contribution in [0.2, 0.25) is 0 Å². The van der Waals surface area contributed by atoms with Crippen molar-refractivity contribution in [2.75, 3.05) is 18.5 Å². The fourth-order valence-corrected chi connectivity index (χ4v) is 2.58. The van der Waals surface area contributed by atoms with Gasteiger partial charge in [0.05, 0.1) is 0 Å². The number of nitrogens with zero attached hydrogens (tertiary/aromatic N) is 4. The Kier molecular flexibility index (Phi) is 4.41. The molecule has 3 aromatic rings. The van der Waals surface area contributed by atoms with E-state index in [0.29, 0.717) is 41.8 Å². The van der Waals surface area contributed by atoms with Crippen molar-refractivity contribution in [1.29, 1.82) is 0 Å². The molecule has 0 saturated carbocycles. The van der Waals surface area contributed by atoms with Gasteiger partial charge in [-0.25, -0.2) is 4.39 Å². The lowest BCUT2D eigenvalue weighted by Crippen LogP contribution is -2.25. The van der Waals surface area contributed by atoms with Gasteiger partial charge >= 0.3 is 0 Å². The van der Waals surface area contributed by atoms with Gasteiger partial charge in [-0.15, -0.1) is 10.2 Å². The molecule has 4 rings (SSSR count). The molecule has 0 spiro atoms. The van der Waals surface area contributed by atoms with Gasteiger partial charge in [-0.1, -0.05) is 0 Å². The van der Waals surface area contributed by atoms with E-state index in [4.69, 9.17) is 9.47 Å². The van der Waals surface area contributed by atoms with Crippen LogP contribution in [0.5, 0.6) is 11.5 Å². The zero-order valence-electron chi connectivity index (χ0n) is 14.4. The molecular formula is C18H16FN5O3. The number of benzene rings is 2. The van der Waals surface area contributed by atoms with Crippen molar-refractivity contribution in [2.24, 2.45) is 0 Å². The fraction of sp³-hybridized carbons (Fsp3) is 0.222. The number of carbonyl (C=O) groups excluding carboxylic acids is 1. The molecule has 138 valence electrons. The molecule has 1 aromatic heterocycles. The highest BCUT2D eigenvalue weighted by molar-refractivity contribution is 5.93. The Hall–Kier alpha value is -3.49. The second-order valence-electron chi connectivity index (χ2n) is 5.96. The highest BCUT2D eigenvalue weighted by atomic mass is 19.1. The summed E-state index contributed by atoms with van der Waals surface area (Å²) in [5.41, 5.74) is 1.19. The first-order valence-electron chi connectivity index (χ1n) is 8.36. The van der Waals surface area contributed by atoms with Gasteiger partial charge in [-0.05, 0) is 48.5 Å². The third-order valence-corrected chi connectivity index (χ3v) is 4.07. The van der Waals surface area contributed by atoms with E-state index in [0.717, 1.165) is 0 Å². The summed E-state index contributed by atoms with van der Waals surface area (Å²) < 4.78 is 24.0. The van der Waals surface area contributed by atoms with Crippen LogP contribution in [0.4, 0.5) is 10.1 Å². The lowest BCUT2D eigenvalue weighted by atomic mass is 10.2. The van der Waals surface area contributed by atoms with E-state index in [9.17, 15) is 9.18 Å². The molecule has 0 fully saturated rings. The van der Waals surface area contributed by atoms with Gasteiger partial charge in [0.25, 0.3) is 5.91 Å². The first-order valence-corrected chi connectivity index (χ1v) is 8.36. The molecule has 2 aromatic carbocycles. The minimum Gasteiger partial charge on any atom is -0.486 e. The van der Waals surface area contributed by atoms with Crippen molar-refractivity contribution in [3.05, 3.63) is 48.3 Å². The molecular weight excluding hydrogens is 353 g/mol. The van der Waals surface area contributed by atoms with Crippen molar-refractivity contribution in [3.8, 4) is 22.9 Å². The SMILES string of the molecule is C[C@@H](C(=O)Nc1ccc2c(c1)OCCO2)n1nnc(-c2ccc(F)cc2)n1. The molecule has 2 heterocycles. The van der Waals surface area contributed by atoms with Crippen LogP contribution in [0.1, 0.15) is 13.0 Å². The number of tetrazole rings is 1. The van der Waals surface area contributed by atoms with Gasteiger partial charge in [-0.2, -0.15) is 4.80 Å². The summed E-state index contributed by atoms with van der Waals surface area (Å²) in [6, 6.07) is 10.2. The van der Waals surface area contributed by atoms with Crippen molar-refractivity contribution in [1.82, 2.24) is 20.2 Å². The summed E-state index contributed by atoms with van der Waals surface area (Å²) in [5, 5.41) is 14.9.